The minimum atomic E-state index is -0.517. The molecule has 0 fully saturated rings. The molecule has 0 aliphatic rings. The maximum atomic E-state index is 12.0. The minimum absolute atomic E-state index is 0. The fraction of sp³-hybridized carbons (Fsp3) is 0. The van der Waals surface area contributed by atoms with Gasteiger partial charge < -0.3 is 34.3 Å². The van der Waals surface area contributed by atoms with Crippen molar-refractivity contribution in [2.45, 2.75) is 0 Å². The predicted octanol–water partition coefficient (Wildman–Crippen LogP) is -1.48. The number of halogens is 2. The predicted molar refractivity (Wildman–Crippen MR) is 127 cm³/mol. The molecule has 0 unspecified atom stereocenters. The molecule has 0 bridgehead atoms. The standard InChI is InChI=1S/C15H10O3.2C6H5.2ClH.Sn/c16-13-11-8-4-5-9-12(11)18-15(14(13)17)10-6-2-1-3-7-10;2*1-2-4-6-5-3-1;;;/h1-9,17H;2*1-5H;2*1H;/q;;;;;+2/p-2. The first-order valence-electron chi connectivity index (χ1n) is 9.90. The molecule has 6 heteroatoms. The Bertz CT molecular complexity index is 1290. The second kappa shape index (κ2) is 13.1. The quantitative estimate of drug-likeness (QED) is 0.265. The van der Waals surface area contributed by atoms with Crippen molar-refractivity contribution in [2.24, 2.45) is 0 Å². The third-order valence-corrected chi connectivity index (χ3v) is 8.20. The number of hydrogen-bond acceptors (Lipinski definition) is 3. The Morgan fingerprint density at radius 1 is 0.606 bits per heavy atom. The molecule has 0 saturated heterocycles. The summed E-state index contributed by atoms with van der Waals surface area (Å²) in [5, 5.41) is 10.3. The molecule has 4 aromatic carbocycles. The van der Waals surface area contributed by atoms with Crippen molar-refractivity contribution in [3.8, 4) is 17.1 Å². The molecule has 0 spiro atoms. The molecule has 0 radical (unpaired) electrons. The maximum absolute atomic E-state index is 12.0. The van der Waals surface area contributed by atoms with Gasteiger partial charge in [-0.2, -0.15) is 0 Å². The molecule has 0 atom stereocenters. The SMILES string of the molecule is O=c1c(O)c(-c2ccccc2)oc2ccccc12.[Cl-].[Cl-].c1cc[c]([Sn+2][c]2ccccc2)cc1. The molecule has 1 aromatic heterocycles. The zero-order valence-corrected chi connectivity index (χ0v) is 21.9. The summed E-state index contributed by atoms with van der Waals surface area (Å²) in [7, 11) is 0. The van der Waals surface area contributed by atoms with E-state index >= 15 is 0 Å². The van der Waals surface area contributed by atoms with Gasteiger partial charge in [0.1, 0.15) is 5.58 Å². The van der Waals surface area contributed by atoms with Gasteiger partial charge in [0, 0.05) is 5.56 Å². The van der Waals surface area contributed by atoms with Gasteiger partial charge in [0.05, 0.1) is 5.39 Å². The normalized spacial score (nSPS) is 9.45. The van der Waals surface area contributed by atoms with Gasteiger partial charge in [-0.3, -0.25) is 4.79 Å². The van der Waals surface area contributed by atoms with Crippen LogP contribution in [0.5, 0.6) is 5.75 Å². The van der Waals surface area contributed by atoms with Gasteiger partial charge in [-0.1, -0.05) is 42.5 Å². The van der Waals surface area contributed by atoms with Crippen LogP contribution in [0.2, 0.25) is 0 Å². The zero-order chi connectivity index (χ0) is 21.5. The second-order valence-corrected chi connectivity index (χ2v) is 10.8. The van der Waals surface area contributed by atoms with E-state index in [1.807, 2.05) is 18.2 Å². The molecule has 0 aliphatic heterocycles. The fourth-order valence-electron chi connectivity index (χ4n) is 3.13. The van der Waals surface area contributed by atoms with E-state index in [0.717, 1.165) is 0 Å². The van der Waals surface area contributed by atoms with E-state index in [2.05, 4.69) is 60.7 Å². The van der Waals surface area contributed by atoms with Crippen molar-refractivity contribution < 1.29 is 34.3 Å². The summed E-state index contributed by atoms with van der Waals surface area (Å²) >= 11 is -0.517. The van der Waals surface area contributed by atoms with Crippen LogP contribution in [0.4, 0.5) is 0 Å². The first-order valence-corrected chi connectivity index (χ1v) is 12.7. The van der Waals surface area contributed by atoms with Crippen LogP contribution in [0, 0.1) is 0 Å². The Balaban J connectivity index is 0.000000230. The van der Waals surface area contributed by atoms with Crippen LogP contribution in [-0.2, 0) is 0 Å². The third kappa shape index (κ3) is 6.87. The van der Waals surface area contributed by atoms with Crippen LogP contribution < -0.4 is 37.4 Å². The summed E-state index contributed by atoms with van der Waals surface area (Å²) in [5.41, 5.74) is 0.743. The first-order chi connectivity index (χ1) is 15.2. The average Bonchev–Trinajstić information content (AvgIpc) is 2.84. The summed E-state index contributed by atoms with van der Waals surface area (Å²) in [5.74, 6) is -0.140. The summed E-state index contributed by atoms with van der Waals surface area (Å²) in [6.07, 6.45) is 0. The van der Waals surface area contributed by atoms with Crippen LogP contribution in [0.3, 0.4) is 0 Å². The number of para-hydroxylation sites is 1. The van der Waals surface area contributed by atoms with Crippen LogP contribution in [0.1, 0.15) is 0 Å². The Kier molecular flexibility index (Phi) is 10.5. The number of fused-ring (bicyclic) bond motifs is 1. The van der Waals surface area contributed by atoms with Gasteiger partial charge in [-0.15, -0.1) is 0 Å². The average molecular weight is 582 g/mol. The number of aromatic hydroxyl groups is 1. The molecular formula is C27H20Cl2O3Sn. The van der Waals surface area contributed by atoms with Crippen molar-refractivity contribution in [1.29, 1.82) is 0 Å². The van der Waals surface area contributed by atoms with Crippen LogP contribution in [-0.4, -0.2) is 26.2 Å². The topological polar surface area (TPSA) is 50.4 Å². The van der Waals surface area contributed by atoms with Crippen molar-refractivity contribution in [1.82, 2.24) is 0 Å². The fourth-order valence-corrected chi connectivity index (χ4v) is 6.13. The molecule has 0 amide bonds. The van der Waals surface area contributed by atoms with Crippen LogP contribution in [0.15, 0.2) is 124 Å². The van der Waals surface area contributed by atoms with Gasteiger partial charge in [0.2, 0.25) is 11.2 Å². The number of hydrogen-bond donors (Lipinski definition) is 1. The van der Waals surface area contributed by atoms with Crippen LogP contribution >= 0.6 is 0 Å². The van der Waals surface area contributed by atoms with Crippen molar-refractivity contribution in [3.05, 3.63) is 125 Å². The Morgan fingerprint density at radius 3 is 1.61 bits per heavy atom. The molecule has 5 rings (SSSR count). The van der Waals surface area contributed by atoms with E-state index in [1.54, 1.807) is 36.4 Å². The third-order valence-electron chi connectivity index (χ3n) is 4.65. The van der Waals surface area contributed by atoms with Crippen molar-refractivity contribution in [3.63, 3.8) is 0 Å². The van der Waals surface area contributed by atoms with Gasteiger partial charge in [-0.25, -0.2) is 0 Å². The number of rotatable bonds is 3. The molecule has 1 N–H and O–H groups in total. The van der Waals surface area contributed by atoms with Crippen LogP contribution in [0.25, 0.3) is 22.3 Å². The van der Waals surface area contributed by atoms with E-state index in [1.165, 1.54) is 7.16 Å². The van der Waals surface area contributed by atoms with Crippen molar-refractivity contribution in [2.75, 3.05) is 0 Å². The first kappa shape index (κ1) is 26.5. The van der Waals surface area contributed by atoms with Crippen molar-refractivity contribution >= 4 is 39.3 Å². The van der Waals surface area contributed by atoms with Gasteiger partial charge in [0.25, 0.3) is 0 Å². The molecule has 0 aliphatic carbocycles. The van der Waals surface area contributed by atoms with Gasteiger partial charge in [0.15, 0.2) is 5.76 Å². The Morgan fingerprint density at radius 2 is 1.06 bits per heavy atom. The molecular weight excluding hydrogens is 562 g/mol. The summed E-state index contributed by atoms with van der Waals surface area (Å²) < 4.78 is 8.69. The Hall–Kier alpha value is -2.73. The Labute approximate surface area is 215 Å². The van der Waals surface area contributed by atoms with E-state index in [0.29, 0.717) is 16.5 Å². The van der Waals surface area contributed by atoms with E-state index in [9.17, 15) is 9.90 Å². The van der Waals surface area contributed by atoms with E-state index in [-0.39, 0.29) is 36.3 Å². The molecule has 0 saturated carbocycles. The second-order valence-electron chi connectivity index (χ2n) is 6.83. The zero-order valence-electron chi connectivity index (χ0n) is 17.5. The molecule has 3 nitrogen and oxygen atoms in total. The van der Waals surface area contributed by atoms with E-state index < -0.39 is 26.6 Å². The monoisotopic (exact) mass is 582 g/mol. The summed E-state index contributed by atoms with van der Waals surface area (Å²) in [6, 6.07) is 37.5. The molecule has 164 valence electrons. The molecule has 1 heterocycles. The molecule has 33 heavy (non-hydrogen) atoms. The molecule has 5 aromatic rings. The number of benzene rings is 4. The van der Waals surface area contributed by atoms with E-state index in [4.69, 9.17) is 4.42 Å². The summed E-state index contributed by atoms with van der Waals surface area (Å²) in [6.45, 7) is 0. The summed E-state index contributed by atoms with van der Waals surface area (Å²) in [4.78, 5) is 12.0. The van der Waals surface area contributed by atoms with Gasteiger partial charge >= 0.3 is 89.0 Å². The van der Waals surface area contributed by atoms with Gasteiger partial charge in [-0.05, 0) is 12.1 Å².